The van der Waals surface area contributed by atoms with Crippen LogP contribution >= 0.6 is 0 Å². The second kappa shape index (κ2) is 4.43. The van der Waals surface area contributed by atoms with Crippen molar-refractivity contribution in [1.82, 2.24) is 14.8 Å². The lowest BCUT2D eigenvalue weighted by Crippen LogP contribution is -2.41. The van der Waals surface area contributed by atoms with Gasteiger partial charge in [-0.3, -0.25) is 4.98 Å². The molecule has 0 bridgehead atoms. The van der Waals surface area contributed by atoms with Crippen LogP contribution in [0.4, 0.5) is 0 Å². The highest BCUT2D eigenvalue weighted by molar-refractivity contribution is 6.62. The maximum absolute atomic E-state index is 8.46. The lowest BCUT2D eigenvalue weighted by molar-refractivity contribution is 0.00578. The SMILES string of the molecule is [2H]c1nn(-c2c([2H])nc([2H])c(B3OC(C)(C)C(C)(C)O3)c2[2H])c([2H])c1[2H]. The molecule has 0 aliphatic carbocycles. The number of hydrogen-bond donors (Lipinski definition) is 0. The summed E-state index contributed by atoms with van der Waals surface area (Å²) < 4.78 is 60.2. The molecule has 0 saturated carbocycles. The quantitative estimate of drug-likeness (QED) is 0.782. The molecule has 0 amide bonds. The number of hydrogen-bond acceptors (Lipinski definition) is 4. The first-order valence-electron chi connectivity index (χ1n) is 9.24. The second-order valence-corrected chi connectivity index (χ2v) is 5.57. The maximum Gasteiger partial charge on any atom is 0.496 e. The molecule has 1 aliphatic rings. The van der Waals surface area contributed by atoms with Crippen molar-refractivity contribution in [1.29, 1.82) is 0 Å². The van der Waals surface area contributed by atoms with Crippen molar-refractivity contribution in [3.05, 3.63) is 36.8 Å². The molecule has 3 rings (SSSR count). The molecular formula is C14H18BN3O2. The van der Waals surface area contributed by atoms with E-state index in [2.05, 4.69) is 10.1 Å². The maximum atomic E-state index is 8.46. The van der Waals surface area contributed by atoms with Gasteiger partial charge in [-0.2, -0.15) is 5.10 Å². The molecule has 0 N–H and O–H groups in total. The molecule has 104 valence electrons. The Labute approximate surface area is 127 Å². The van der Waals surface area contributed by atoms with Crippen LogP contribution in [-0.2, 0) is 9.31 Å². The molecular weight excluding hydrogens is 253 g/mol. The van der Waals surface area contributed by atoms with Gasteiger partial charge in [0.2, 0.25) is 0 Å². The molecule has 0 unspecified atom stereocenters. The fourth-order valence-corrected chi connectivity index (χ4v) is 1.78. The third-order valence-electron chi connectivity index (χ3n) is 3.66. The molecule has 5 nitrogen and oxygen atoms in total. The molecule has 1 fully saturated rings. The van der Waals surface area contributed by atoms with Crippen molar-refractivity contribution in [3.8, 4) is 5.69 Å². The second-order valence-electron chi connectivity index (χ2n) is 5.57. The van der Waals surface area contributed by atoms with Gasteiger partial charge >= 0.3 is 7.12 Å². The van der Waals surface area contributed by atoms with E-state index in [0.29, 0.717) is 0 Å². The molecule has 1 aliphatic heterocycles. The zero-order chi connectivity index (χ0) is 19.6. The Hall–Kier alpha value is -1.66. The Morgan fingerprint density at radius 3 is 2.50 bits per heavy atom. The van der Waals surface area contributed by atoms with E-state index in [4.69, 9.17) is 17.5 Å². The smallest absolute Gasteiger partial charge is 0.399 e. The highest BCUT2D eigenvalue weighted by Crippen LogP contribution is 2.36. The predicted octanol–water partition coefficient (Wildman–Crippen LogP) is 1.57. The number of nitrogens with zero attached hydrogens (tertiary/aromatic N) is 3. The molecule has 6 heteroatoms. The average molecular weight is 277 g/mol. The van der Waals surface area contributed by atoms with Crippen LogP contribution in [0.2, 0.25) is 0 Å². The minimum atomic E-state index is -1.04. The van der Waals surface area contributed by atoms with Crippen LogP contribution in [0.25, 0.3) is 5.69 Å². The third-order valence-corrected chi connectivity index (χ3v) is 3.66. The van der Waals surface area contributed by atoms with Crippen LogP contribution < -0.4 is 5.46 Å². The van der Waals surface area contributed by atoms with Crippen molar-refractivity contribution in [3.63, 3.8) is 0 Å². The molecule has 0 spiro atoms. The zero-order valence-corrected chi connectivity index (χ0v) is 11.7. The van der Waals surface area contributed by atoms with Crippen molar-refractivity contribution in [2.24, 2.45) is 0 Å². The van der Waals surface area contributed by atoms with E-state index in [1.54, 1.807) is 0 Å². The summed E-state index contributed by atoms with van der Waals surface area (Å²) >= 11 is 0. The first-order valence-corrected chi connectivity index (χ1v) is 6.24. The molecule has 20 heavy (non-hydrogen) atoms. The Morgan fingerprint density at radius 2 is 1.90 bits per heavy atom. The normalized spacial score (nSPS) is 24.5. The average Bonchev–Trinajstić information content (AvgIpc) is 2.85. The summed E-state index contributed by atoms with van der Waals surface area (Å²) in [6, 6.07) is -0.722. The van der Waals surface area contributed by atoms with Gasteiger partial charge in [-0.25, -0.2) is 4.68 Å². The number of rotatable bonds is 2. The van der Waals surface area contributed by atoms with Crippen LogP contribution in [0.3, 0.4) is 0 Å². The monoisotopic (exact) mass is 277 g/mol. The molecule has 2 aromatic rings. The summed E-state index contributed by atoms with van der Waals surface area (Å²) in [5.41, 5.74) is -1.55. The Bertz CT molecular complexity index is 886. The van der Waals surface area contributed by atoms with Gasteiger partial charge in [-0.1, -0.05) is 0 Å². The van der Waals surface area contributed by atoms with Crippen LogP contribution in [0.1, 0.15) is 35.9 Å². The van der Waals surface area contributed by atoms with Crippen LogP contribution in [0.15, 0.2) is 36.8 Å². The minimum Gasteiger partial charge on any atom is -0.399 e. The van der Waals surface area contributed by atoms with Crippen LogP contribution in [0, 0.1) is 0 Å². The largest absolute Gasteiger partial charge is 0.496 e. The van der Waals surface area contributed by atoms with Crippen molar-refractivity contribution in [2.45, 2.75) is 38.9 Å². The van der Waals surface area contributed by atoms with Gasteiger partial charge in [0, 0.05) is 24.0 Å². The summed E-state index contributed by atoms with van der Waals surface area (Å²) in [6.45, 7) is 7.34. The first-order chi connectivity index (χ1) is 11.9. The summed E-state index contributed by atoms with van der Waals surface area (Å²) in [5, 5.41) is 3.74. The summed E-state index contributed by atoms with van der Waals surface area (Å²) in [6.07, 6.45) is -1.66. The molecule has 0 radical (unpaired) electrons. The Balaban J connectivity index is 2.19. The lowest BCUT2D eigenvalue weighted by atomic mass is 9.80. The van der Waals surface area contributed by atoms with Gasteiger partial charge in [0.15, 0.2) is 0 Å². The van der Waals surface area contributed by atoms with Crippen molar-refractivity contribution < 1.29 is 17.5 Å². The van der Waals surface area contributed by atoms with Gasteiger partial charge in [-0.05, 0) is 39.8 Å². The Morgan fingerprint density at radius 1 is 1.20 bits per heavy atom. The Kier molecular flexibility index (Phi) is 1.76. The lowest BCUT2D eigenvalue weighted by Gasteiger charge is -2.32. The number of pyridine rings is 1. The third kappa shape index (κ3) is 2.15. The van der Waals surface area contributed by atoms with E-state index in [9.17, 15) is 0 Å². The number of aromatic nitrogens is 3. The molecule has 0 atom stereocenters. The minimum absolute atomic E-state index is 0.0163. The molecule has 0 aromatic carbocycles. The van der Waals surface area contributed by atoms with Gasteiger partial charge in [0.25, 0.3) is 0 Å². The van der Waals surface area contributed by atoms with Crippen molar-refractivity contribution in [2.75, 3.05) is 0 Å². The standard InChI is InChI=1S/C14H18BN3O2/c1-13(2)14(3,4)20-15(19-13)11-8-12(10-16-9-11)18-7-5-6-17-18/h5-10H,1-4H3/i5D,6D,7D,8D,9D,10D. The van der Waals surface area contributed by atoms with Gasteiger partial charge in [-0.15, -0.1) is 0 Å². The fourth-order valence-electron chi connectivity index (χ4n) is 1.78. The summed E-state index contributed by atoms with van der Waals surface area (Å²) in [7, 11) is -1.04. The molecule has 3 heterocycles. The van der Waals surface area contributed by atoms with Gasteiger partial charge in [0.05, 0.1) is 31.3 Å². The van der Waals surface area contributed by atoms with Gasteiger partial charge in [0.1, 0.15) is 0 Å². The van der Waals surface area contributed by atoms with E-state index in [1.165, 1.54) is 0 Å². The highest BCUT2D eigenvalue weighted by Gasteiger charge is 2.51. The first kappa shape index (κ1) is 7.95. The topological polar surface area (TPSA) is 49.2 Å². The van der Waals surface area contributed by atoms with Crippen LogP contribution in [-0.4, -0.2) is 33.1 Å². The highest BCUT2D eigenvalue weighted by atomic mass is 16.7. The predicted molar refractivity (Wildman–Crippen MR) is 77.1 cm³/mol. The summed E-state index contributed by atoms with van der Waals surface area (Å²) in [5.74, 6) is 0. The van der Waals surface area contributed by atoms with Gasteiger partial charge < -0.3 is 9.31 Å². The van der Waals surface area contributed by atoms with E-state index < -0.39 is 42.9 Å². The molecule has 2 aromatic heterocycles. The van der Waals surface area contributed by atoms with E-state index in [-0.39, 0.29) is 23.4 Å². The van der Waals surface area contributed by atoms with Crippen LogP contribution in [0.5, 0.6) is 0 Å². The fraction of sp³-hybridized carbons (Fsp3) is 0.429. The van der Waals surface area contributed by atoms with E-state index >= 15 is 0 Å². The summed E-state index contributed by atoms with van der Waals surface area (Å²) in [4.78, 5) is 3.82. The molecule has 1 saturated heterocycles. The van der Waals surface area contributed by atoms with E-state index in [1.807, 2.05) is 27.7 Å². The van der Waals surface area contributed by atoms with E-state index in [0.717, 1.165) is 4.68 Å². The zero-order valence-electron chi connectivity index (χ0n) is 17.7. The van der Waals surface area contributed by atoms with Crippen molar-refractivity contribution >= 4 is 12.6 Å².